The number of nitrogens with zero attached hydrogens (tertiary/aromatic N) is 3. The Morgan fingerprint density at radius 3 is 2.84 bits per heavy atom. The highest BCUT2D eigenvalue weighted by Gasteiger charge is 2.32. The normalized spacial score (nSPS) is 20.6. The molecule has 1 amide bonds. The number of likely N-dealkylation sites (tertiary alicyclic amines) is 1. The van der Waals surface area contributed by atoms with Crippen LogP contribution >= 0.6 is 12.4 Å². The van der Waals surface area contributed by atoms with Crippen LogP contribution in [-0.2, 0) is 14.8 Å². The molecule has 1 atom stereocenters. The van der Waals surface area contributed by atoms with Crippen molar-refractivity contribution in [2.24, 2.45) is 10.3 Å². The van der Waals surface area contributed by atoms with Gasteiger partial charge in [-0.05, 0) is 38.1 Å². The molecule has 1 fully saturated rings. The smallest absolute Gasteiger partial charge is 0.285 e. The molecule has 0 aromatic heterocycles. The van der Waals surface area contributed by atoms with Crippen LogP contribution in [0.4, 0.5) is 0 Å². The Labute approximate surface area is 154 Å². The third-order valence-electron chi connectivity index (χ3n) is 4.48. The van der Waals surface area contributed by atoms with Gasteiger partial charge in [0.1, 0.15) is 4.90 Å². The van der Waals surface area contributed by atoms with Crippen molar-refractivity contribution in [3.05, 3.63) is 29.8 Å². The van der Waals surface area contributed by atoms with Crippen LogP contribution in [-0.4, -0.2) is 70.2 Å². The quantitative estimate of drug-likeness (QED) is 0.817. The monoisotopic (exact) mass is 386 g/mol. The second-order valence-corrected chi connectivity index (χ2v) is 7.87. The fourth-order valence-corrected chi connectivity index (χ4v) is 4.51. The zero-order valence-electron chi connectivity index (χ0n) is 14.3. The molecule has 0 saturated carbocycles. The molecule has 1 unspecified atom stereocenters. The molecule has 2 aliphatic heterocycles. The van der Waals surface area contributed by atoms with E-state index in [0.717, 1.165) is 26.1 Å². The standard InChI is InChI=1S/C16H22N4O3S.ClH/c1-17-9-12-7-8-20(10-12)15(21)11-19(2)16-13-5-3-4-6-14(13)24(22,23)18-16;/h3-6,12,17H,7-11H2,1-2H3;1H. The zero-order chi connectivity index (χ0) is 17.3. The summed E-state index contributed by atoms with van der Waals surface area (Å²) in [6.07, 6.45) is 0.994. The molecule has 1 saturated heterocycles. The topological polar surface area (TPSA) is 82.1 Å². The molecule has 25 heavy (non-hydrogen) atoms. The first-order valence-corrected chi connectivity index (χ1v) is 9.44. The van der Waals surface area contributed by atoms with Crippen molar-refractivity contribution in [3.63, 3.8) is 0 Å². The second-order valence-electron chi connectivity index (χ2n) is 6.29. The number of likely N-dealkylation sites (N-methyl/N-ethyl adjacent to an activating group) is 1. The maximum Gasteiger partial charge on any atom is 0.285 e. The number of sulfonamides is 1. The van der Waals surface area contributed by atoms with Crippen LogP contribution in [0, 0.1) is 5.92 Å². The van der Waals surface area contributed by atoms with Crippen LogP contribution in [0.25, 0.3) is 0 Å². The van der Waals surface area contributed by atoms with E-state index in [0.29, 0.717) is 17.3 Å². The van der Waals surface area contributed by atoms with Crippen LogP contribution < -0.4 is 5.32 Å². The lowest BCUT2D eigenvalue weighted by atomic mass is 10.1. The van der Waals surface area contributed by atoms with Crippen LogP contribution in [0.5, 0.6) is 0 Å². The lowest BCUT2D eigenvalue weighted by Gasteiger charge is -2.23. The Morgan fingerprint density at radius 1 is 1.40 bits per heavy atom. The highest BCUT2D eigenvalue weighted by molar-refractivity contribution is 7.90. The number of nitrogens with one attached hydrogen (secondary N) is 1. The average molecular weight is 387 g/mol. The maximum atomic E-state index is 12.5. The summed E-state index contributed by atoms with van der Waals surface area (Å²) in [5.41, 5.74) is 0.558. The molecule has 2 heterocycles. The lowest BCUT2D eigenvalue weighted by molar-refractivity contribution is -0.130. The van der Waals surface area contributed by atoms with E-state index in [4.69, 9.17) is 0 Å². The third-order valence-corrected chi connectivity index (χ3v) is 5.80. The summed E-state index contributed by atoms with van der Waals surface area (Å²) in [6, 6.07) is 6.71. The minimum atomic E-state index is -3.66. The number of rotatable bonds is 4. The van der Waals surface area contributed by atoms with E-state index in [1.807, 2.05) is 11.9 Å². The summed E-state index contributed by atoms with van der Waals surface area (Å²) in [7, 11) is -0.0426. The molecule has 0 aliphatic carbocycles. The molecule has 138 valence electrons. The minimum absolute atomic E-state index is 0. The van der Waals surface area contributed by atoms with Crippen LogP contribution in [0.1, 0.15) is 12.0 Å². The van der Waals surface area contributed by atoms with E-state index in [2.05, 4.69) is 9.71 Å². The van der Waals surface area contributed by atoms with Gasteiger partial charge >= 0.3 is 0 Å². The average Bonchev–Trinajstić information content (AvgIpc) is 3.11. The first-order valence-electron chi connectivity index (χ1n) is 8.00. The Morgan fingerprint density at radius 2 is 2.12 bits per heavy atom. The van der Waals surface area contributed by atoms with Crippen LogP contribution in [0.2, 0.25) is 0 Å². The predicted molar refractivity (Wildman–Crippen MR) is 98.7 cm³/mol. The van der Waals surface area contributed by atoms with Gasteiger partial charge in [-0.3, -0.25) is 4.79 Å². The van der Waals surface area contributed by atoms with Gasteiger partial charge in [0.05, 0.1) is 6.54 Å². The van der Waals surface area contributed by atoms with Gasteiger partial charge in [0.2, 0.25) is 5.91 Å². The molecule has 3 rings (SSSR count). The SMILES string of the molecule is CNCC1CCN(C(=O)CN(C)C2=NS(=O)(=O)c3ccccc32)C1.Cl. The number of amidine groups is 1. The van der Waals surface area contributed by atoms with Crippen molar-refractivity contribution < 1.29 is 13.2 Å². The molecule has 0 radical (unpaired) electrons. The Hall–Kier alpha value is -1.64. The van der Waals surface area contributed by atoms with Gasteiger partial charge in [0, 0.05) is 25.7 Å². The van der Waals surface area contributed by atoms with Crippen molar-refractivity contribution in [2.75, 3.05) is 40.3 Å². The minimum Gasteiger partial charge on any atom is -0.349 e. The van der Waals surface area contributed by atoms with E-state index in [-0.39, 0.29) is 29.8 Å². The molecule has 1 N–H and O–H groups in total. The first-order chi connectivity index (χ1) is 11.4. The van der Waals surface area contributed by atoms with E-state index < -0.39 is 10.0 Å². The van der Waals surface area contributed by atoms with Crippen LogP contribution in [0.3, 0.4) is 0 Å². The maximum absolute atomic E-state index is 12.5. The number of fused-ring (bicyclic) bond motifs is 1. The summed E-state index contributed by atoms with van der Waals surface area (Å²) in [4.78, 5) is 16.2. The largest absolute Gasteiger partial charge is 0.349 e. The van der Waals surface area contributed by atoms with Crippen molar-refractivity contribution in [2.45, 2.75) is 11.3 Å². The predicted octanol–water partition coefficient (Wildman–Crippen LogP) is 0.557. The number of benzene rings is 1. The van der Waals surface area contributed by atoms with Gasteiger partial charge in [-0.15, -0.1) is 16.8 Å². The Balaban J connectivity index is 0.00000225. The van der Waals surface area contributed by atoms with Crippen molar-refractivity contribution in [1.82, 2.24) is 15.1 Å². The fraction of sp³-hybridized carbons (Fsp3) is 0.500. The van der Waals surface area contributed by atoms with Crippen molar-refractivity contribution in [3.8, 4) is 0 Å². The first kappa shape index (κ1) is 19.7. The molecule has 1 aromatic carbocycles. The van der Waals surface area contributed by atoms with Crippen molar-refractivity contribution >= 4 is 34.2 Å². The van der Waals surface area contributed by atoms with Gasteiger partial charge in [-0.1, -0.05) is 12.1 Å². The summed E-state index contributed by atoms with van der Waals surface area (Å²) >= 11 is 0. The molecule has 2 aliphatic rings. The molecule has 1 aromatic rings. The highest BCUT2D eigenvalue weighted by Crippen LogP contribution is 2.27. The summed E-state index contributed by atoms with van der Waals surface area (Å²) < 4.78 is 28.1. The molecule has 7 nitrogen and oxygen atoms in total. The third kappa shape index (κ3) is 3.96. The molecular formula is C16H23ClN4O3S. The van der Waals surface area contributed by atoms with Gasteiger partial charge in [0.25, 0.3) is 10.0 Å². The van der Waals surface area contributed by atoms with Gasteiger partial charge in [0.15, 0.2) is 5.84 Å². The second kappa shape index (κ2) is 7.72. The van der Waals surface area contributed by atoms with Gasteiger partial charge < -0.3 is 15.1 Å². The Kier molecular flexibility index (Phi) is 6.08. The van der Waals surface area contributed by atoms with Gasteiger partial charge in [-0.25, -0.2) is 0 Å². The number of carbonyl (C=O) groups is 1. The molecule has 0 spiro atoms. The summed E-state index contributed by atoms with van der Waals surface area (Å²) in [5, 5.41) is 3.14. The molecule has 0 bridgehead atoms. The van der Waals surface area contributed by atoms with E-state index in [1.165, 1.54) is 0 Å². The number of carbonyl (C=O) groups excluding carboxylic acids is 1. The fourth-order valence-electron chi connectivity index (χ4n) is 3.26. The number of halogens is 1. The van der Waals surface area contributed by atoms with Crippen molar-refractivity contribution in [1.29, 1.82) is 0 Å². The Bertz CT molecular complexity index is 781. The van der Waals surface area contributed by atoms with Gasteiger partial charge in [-0.2, -0.15) is 8.42 Å². The number of amides is 1. The molecular weight excluding hydrogens is 364 g/mol. The summed E-state index contributed by atoms with van der Waals surface area (Å²) in [5.74, 6) is 0.819. The number of hydrogen-bond donors (Lipinski definition) is 1. The van der Waals surface area contributed by atoms with E-state index in [1.54, 1.807) is 36.2 Å². The zero-order valence-corrected chi connectivity index (χ0v) is 15.9. The van der Waals surface area contributed by atoms with E-state index >= 15 is 0 Å². The molecule has 9 heteroatoms. The highest BCUT2D eigenvalue weighted by atomic mass is 35.5. The van der Waals surface area contributed by atoms with E-state index in [9.17, 15) is 13.2 Å². The lowest BCUT2D eigenvalue weighted by Crippen LogP contribution is -2.40. The number of hydrogen-bond acceptors (Lipinski definition) is 5. The summed E-state index contributed by atoms with van der Waals surface area (Å²) in [6.45, 7) is 2.52. The van der Waals surface area contributed by atoms with Crippen LogP contribution in [0.15, 0.2) is 33.6 Å².